The third-order valence-corrected chi connectivity index (χ3v) is 3.28. The first-order valence-electron chi connectivity index (χ1n) is 6.66. The number of aromatic nitrogens is 1. The highest BCUT2D eigenvalue weighted by molar-refractivity contribution is 5.93. The number of amides is 1. The van der Waals surface area contributed by atoms with Crippen molar-refractivity contribution in [1.29, 1.82) is 0 Å². The van der Waals surface area contributed by atoms with Crippen LogP contribution in [-0.2, 0) is 11.2 Å². The lowest BCUT2D eigenvalue weighted by molar-refractivity contribution is -0.119. The van der Waals surface area contributed by atoms with Gasteiger partial charge in [-0.2, -0.15) is 0 Å². The minimum absolute atomic E-state index is 0.0625. The fourth-order valence-electron chi connectivity index (χ4n) is 2.01. The number of carbonyl (C=O) groups excluding carboxylic acids is 1. The maximum absolute atomic E-state index is 12.3. The molecule has 4 heteroatoms. The molecule has 1 amide bonds. The van der Waals surface area contributed by atoms with Crippen molar-refractivity contribution < 1.29 is 4.79 Å². The predicted molar refractivity (Wildman–Crippen MR) is 80.3 cm³/mol. The normalized spacial score (nSPS) is 11.9. The molecule has 20 heavy (non-hydrogen) atoms. The first kappa shape index (κ1) is 14.2. The van der Waals surface area contributed by atoms with Crippen LogP contribution in [0, 0.1) is 12.8 Å². The summed E-state index contributed by atoms with van der Waals surface area (Å²) in [5.74, 6) is -0.301. The molecule has 1 heterocycles. The van der Waals surface area contributed by atoms with Gasteiger partial charge in [-0.05, 0) is 30.5 Å². The number of nitrogens with one attached hydrogen (secondary N) is 1. The minimum atomic E-state index is -0.239. The summed E-state index contributed by atoms with van der Waals surface area (Å²) < 4.78 is 0. The molecule has 2 aromatic rings. The second-order valence-electron chi connectivity index (χ2n) is 4.80. The quantitative estimate of drug-likeness (QED) is 0.874. The number of benzene rings is 1. The van der Waals surface area contributed by atoms with Gasteiger partial charge in [0.15, 0.2) is 0 Å². The Balaban J connectivity index is 2.04. The minimum Gasteiger partial charge on any atom is -0.330 e. The Bertz CT molecular complexity index is 569. The molecule has 3 N–H and O–H groups in total. The Kier molecular flexibility index (Phi) is 4.85. The lowest BCUT2D eigenvalue weighted by Gasteiger charge is -2.15. The maximum Gasteiger partial charge on any atom is 0.229 e. The average molecular weight is 269 g/mol. The summed E-state index contributed by atoms with van der Waals surface area (Å²) in [6.45, 7) is 2.26. The number of pyridine rings is 1. The van der Waals surface area contributed by atoms with Crippen LogP contribution in [0.1, 0.15) is 11.1 Å². The van der Waals surface area contributed by atoms with Gasteiger partial charge in [0.2, 0.25) is 5.91 Å². The molecule has 0 aliphatic heterocycles. The van der Waals surface area contributed by atoms with E-state index in [1.165, 1.54) is 0 Å². The molecule has 1 aromatic carbocycles. The highest BCUT2D eigenvalue weighted by Crippen LogP contribution is 2.15. The van der Waals surface area contributed by atoms with Crippen molar-refractivity contribution in [2.75, 3.05) is 11.9 Å². The van der Waals surface area contributed by atoms with Crippen LogP contribution < -0.4 is 11.1 Å². The average Bonchev–Trinajstić information content (AvgIpc) is 2.48. The molecule has 0 fully saturated rings. The summed E-state index contributed by atoms with van der Waals surface area (Å²) in [4.78, 5) is 16.3. The SMILES string of the molecule is Cc1ccncc1NC(=O)C(CN)Cc1ccccc1. The Morgan fingerprint density at radius 1 is 1.30 bits per heavy atom. The second-order valence-corrected chi connectivity index (χ2v) is 4.80. The number of nitrogens with two attached hydrogens (primary N) is 1. The molecule has 1 atom stereocenters. The van der Waals surface area contributed by atoms with E-state index >= 15 is 0 Å². The van der Waals surface area contributed by atoms with Crippen molar-refractivity contribution in [3.8, 4) is 0 Å². The highest BCUT2D eigenvalue weighted by Gasteiger charge is 2.18. The van der Waals surface area contributed by atoms with E-state index in [0.717, 1.165) is 16.8 Å². The summed E-state index contributed by atoms with van der Waals surface area (Å²) in [6, 6.07) is 11.8. The van der Waals surface area contributed by atoms with E-state index in [1.54, 1.807) is 12.4 Å². The van der Waals surface area contributed by atoms with Crippen molar-refractivity contribution >= 4 is 11.6 Å². The summed E-state index contributed by atoms with van der Waals surface area (Å²) in [7, 11) is 0. The smallest absolute Gasteiger partial charge is 0.229 e. The molecule has 0 aliphatic carbocycles. The molecule has 0 radical (unpaired) electrons. The van der Waals surface area contributed by atoms with Crippen LogP contribution in [0.15, 0.2) is 48.8 Å². The Morgan fingerprint density at radius 2 is 2.05 bits per heavy atom. The maximum atomic E-state index is 12.3. The molecule has 0 saturated heterocycles. The molecule has 4 nitrogen and oxygen atoms in total. The van der Waals surface area contributed by atoms with Crippen LogP contribution in [0.4, 0.5) is 5.69 Å². The third kappa shape index (κ3) is 3.65. The van der Waals surface area contributed by atoms with Crippen LogP contribution in [0.3, 0.4) is 0 Å². The summed E-state index contributed by atoms with van der Waals surface area (Å²) >= 11 is 0. The molecule has 0 spiro atoms. The van der Waals surface area contributed by atoms with E-state index < -0.39 is 0 Å². The van der Waals surface area contributed by atoms with Gasteiger partial charge in [-0.25, -0.2) is 0 Å². The molecular weight excluding hydrogens is 250 g/mol. The molecule has 2 rings (SSSR count). The van der Waals surface area contributed by atoms with E-state index in [0.29, 0.717) is 13.0 Å². The molecule has 0 bridgehead atoms. The number of hydrogen-bond acceptors (Lipinski definition) is 3. The lowest BCUT2D eigenvalue weighted by Crippen LogP contribution is -2.31. The van der Waals surface area contributed by atoms with Crippen LogP contribution in [0.25, 0.3) is 0 Å². The fourth-order valence-corrected chi connectivity index (χ4v) is 2.01. The van der Waals surface area contributed by atoms with E-state index in [2.05, 4.69) is 10.3 Å². The number of carbonyl (C=O) groups is 1. The molecular formula is C16H19N3O. The number of hydrogen-bond donors (Lipinski definition) is 2. The first-order valence-corrected chi connectivity index (χ1v) is 6.66. The van der Waals surface area contributed by atoms with Gasteiger partial charge in [0.05, 0.1) is 17.8 Å². The van der Waals surface area contributed by atoms with Crippen LogP contribution in [-0.4, -0.2) is 17.4 Å². The van der Waals surface area contributed by atoms with Gasteiger partial charge < -0.3 is 11.1 Å². The highest BCUT2D eigenvalue weighted by atomic mass is 16.1. The number of anilines is 1. The standard InChI is InChI=1S/C16H19N3O/c1-12-7-8-18-11-15(12)19-16(20)14(10-17)9-13-5-3-2-4-6-13/h2-8,11,14H,9-10,17H2,1H3,(H,19,20). The van der Waals surface area contributed by atoms with Gasteiger partial charge in [0, 0.05) is 12.7 Å². The molecule has 104 valence electrons. The summed E-state index contributed by atoms with van der Waals surface area (Å²) in [5.41, 5.74) is 8.58. The van der Waals surface area contributed by atoms with Gasteiger partial charge in [-0.1, -0.05) is 30.3 Å². The van der Waals surface area contributed by atoms with E-state index in [9.17, 15) is 4.79 Å². The van der Waals surface area contributed by atoms with Crippen molar-refractivity contribution in [2.24, 2.45) is 11.7 Å². The Morgan fingerprint density at radius 3 is 2.70 bits per heavy atom. The van der Waals surface area contributed by atoms with Crippen molar-refractivity contribution in [3.05, 3.63) is 59.9 Å². The molecule has 1 aromatic heterocycles. The summed E-state index contributed by atoms with van der Waals surface area (Å²) in [5, 5.41) is 2.90. The van der Waals surface area contributed by atoms with Gasteiger partial charge in [-0.15, -0.1) is 0 Å². The fraction of sp³-hybridized carbons (Fsp3) is 0.250. The van der Waals surface area contributed by atoms with Gasteiger partial charge in [0.1, 0.15) is 0 Å². The zero-order valence-corrected chi connectivity index (χ0v) is 11.5. The Labute approximate surface area is 119 Å². The molecule has 0 saturated carbocycles. The monoisotopic (exact) mass is 269 g/mol. The molecule has 1 unspecified atom stereocenters. The van der Waals surface area contributed by atoms with Crippen LogP contribution in [0.5, 0.6) is 0 Å². The number of aryl methyl sites for hydroxylation is 1. The lowest BCUT2D eigenvalue weighted by atomic mass is 9.98. The Hall–Kier alpha value is -2.20. The van der Waals surface area contributed by atoms with E-state index in [-0.39, 0.29) is 11.8 Å². The zero-order chi connectivity index (χ0) is 14.4. The largest absolute Gasteiger partial charge is 0.330 e. The van der Waals surface area contributed by atoms with E-state index in [1.807, 2.05) is 43.3 Å². The van der Waals surface area contributed by atoms with Gasteiger partial charge in [0.25, 0.3) is 0 Å². The van der Waals surface area contributed by atoms with Gasteiger partial charge in [-0.3, -0.25) is 9.78 Å². The number of nitrogens with zero attached hydrogens (tertiary/aromatic N) is 1. The second kappa shape index (κ2) is 6.82. The third-order valence-electron chi connectivity index (χ3n) is 3.28. The first-order chi connectivity index (χ1) is 9.70. The topological polar surface area (TPSA) is 68.0 Å². The van der Waals surface area contributed by atoms with Crippen molar-refractivity contribution in [2.45, 2.75) is 13.3 Å². The van der Waals surface area contributed by atoms with Crippen molar-refractivity contribution in [1.82, 2.24) is 4.98 Å². The van der Waals surface area contributed by atoms with Crippen molar-refractivity contribution in [3.63, 3.8) is 0 Å². The van der Waals surface area contributed by atoms with Gasteiger partial charge >= 0.3 is 0 Å². The molecule has 0 aliphatic rings. The number of rotatable bonds is 5. The zero-order valence-electron chi connectivity index (χ0n) is 11.5. The van der Waals surface area contributed by atoms with Crippen LogP contribution >= 0.6 is 0 Å². The summed E-state index contributed by atoms with van der Waals surface area (Å²) in [6.07, 6.45) is 4.00. The predicted octanol–water partition coefficient (Wildman–Crippen LogP) is 2.15. The van der Waals surface area contributed by atoms with E-state index in [4.69, 9.17) is 5.73 Å². The van der Waals surface area contributed by atoms with Crippen LogP contribution in [0.2, 0.25) is 0 Å².